The number of carboxylic acids is 1. The number of benzene rings is 2. The number of alkyl carbamates (subject to hydrolysis) is 1. The molecule has 0 saturated carbocycles. The maximum Gasteiger partial charge on any atom is 0.407 e. The van der Waals surface area contributed by atoms with Crippen molar-refractivity contribution in [2.75, 3.05) is 33.9 Å². The molecule has 1 aliphatic carbocycles. The molecule has 0 unspecified atom stereocenters. The Morgan fingerprint density at radius 1 is 0.970 bits per heavy atom. The lowest BCUT2D eigenvalue weighted by molar-refractivity contribution is -0.142. The Labute approximate surface area is 192 Å². The number of ether oxygens (including phenoxy) is 1. The van der Waals surface area contributed by atoms with Crippen molar-refractivity contribution in [3.8, 4) is 11.1 Å². The Hall–Kier alpha value is -3.43. The molecular weight excluding hydrogens is 426 g/mol. The summed E-state index contributed by atoms with van der Waals surface area (Å²) >= 11 is 0. The second-order valence-corrected chi connectivity index (χ2v) is 8.20. The second-order valence-electron chi connectivity index (χ2n) is 8.20. The highest BCUT2D eigenvalue weighted by Crippen LogP contribution is 2.44. The third kappa shape index (κ3) is 5.88. The van der Waals surface area contributed by atoms with Gasteiger partial charge in [0.1, 0.15) is 18.7 Å². The predicted molar refractivity (Wildman–Crippen MR) is 122 cm³/mol. The summed E-state index contributed by atoms with van der Waals surface area (Å²) in [6.07, 6.45) is -0.909. The van der Waals surface area contributed by atoms with E-state index in [4.69, 9.17) is 9.84 Å². The zero-order valence-electron chi connectivity index (χ0n) is 18.7. The van der Waals surface area contributed by atoms with Crippen molar-refractivity contribution in [1.29, 1.82) is 0 Å². The number of aliphatic hydroxyl groups excluding tert-OH is 1. The van der Waals surface area contributed by atoms with Crippen molar-refractivity contribution in [2.24, 2.45) is 0 Å². The number of carbonyl (C=O) groups is 3. The van der Waals surface area contributed by atoms with Crippen LogP contribution in [0, 0.1) is 0 Å². The number of fused-ring (bicyclic) bond motifs is 3. The van der Waals surface area contributed by atoms with E-state index >= 15 is 0 Å². The minimum atomic E-state index is -1.26. The van der Waals surface area contributed by atoms with Crippen LogP contribution >= 0.6 is 0 Å². The molecule has 0 heterocycles. The molecule has 0 aromatic heterocycles. The van der Waals surface area contributed by atoms with Gasteiger partial charge in [0, 0.05) is 25.5 Å². The number of nitrogens with one attached hydrogen (secondary N) is 2. The Balaban J connectivity index is 1.66. The van der Waals surface area contributed by atoms with E-state index in [1.54, 1.807) is 19.0 Å². The van der Waals surface area contributed by atoms with Gasteiger partial charge < -0.3 is 30.5 Å². The van der Waals surface area contributed by atoms with Gasteiger partial charge in [0.25, 0.3) is 0 Å². The lowest BCUT2D eigenvalue weighted by Gasteiger charge is -2.24. The summed E-state index contributed by atoms with van der Waals surface area (Å²) in [6, 6.07) is 13.6. The Morgan fingerprint density at radius 2 is 1.55 bits per heavy atom. The van der Waals surface area contributed by atoms with Crippen molar-refractivity contribution in [1.82, 2.24) is 15.5 Å². The molecule has 9 nitrogen and oxygen atoms in total. The average Bonchev–Trinajstić information content (AvgIpc) is 3.10. The summed E-state index contributed by atoms with van der Waals surface area (Å²) < 4.78 is 5.50. The van der Waals surface area contributed by atoms with E-state index in [-0.39, 0.29) is 25.5 Å². The van der Waals surface area contributed by atoms with Crippen molar-refractivity contribution in [3.63, 3.8) is 0 Å². The van der Waals surface area contributed by atoms with Crippen LogP contribution in [0.2, 0.25) is 0 Å². The van der Waals surface area contributed by atoms with E-state index < -0.39 is 36.7 Å². The van der Waals surface area contributed by atoms with E-state index in [1.165, 1.54) is 0 Å². The number of nitrogens with zero attached hydrogens (tertiary/aromatic N) is 1. The average molecular weight is 456 g/mol. The summed E-state index contributed by atoms with van der Waals surface area (Å²) in [5.41, 5.74) is 4.36. The molecule has 0 bridgehead atoms. The van der Waals surface area contributed by atoms with Gasteiger partial charge >= 0.3 is 12.1 Å². The molecule has 176 valence electrons. The molecule has 0 radical (unpaired) electrons. The third-order valence-corrected chi connectivity index (χ3v) is 5.53. The van der Waals surface area contributed by atoms with Crippen LogP contribution in [0.4, 0.5) is 4.79 Å². The quantitative estimate of drug-likeness (QED) is 0.426. The van der Waals surface area contributed by atoms with E-state index in [2.05, 4.69) is 10.6 Å². The first-order valence-corrected chi connectivity index (χ1v) is 10.7. The molecule has 2 aromatic carbocycles. The van der Waals surface area contributed by atoms with Gasteiger partial charge in [-0.2, -0.15) is 0 Å². The molecule has 1 aliphatic rings. The maximum atomic E-state index is 12.6. The first kappa shape index (κ1) is 24.2. The fraction of sp³-hybridized carbons (Fsp3) is 0.375. The van der Waals surface area contributed by atoms with Crippen LogP contribution in [0.1, 0.15) is 23.5 Å². The fourth-order valence-corrected chi connectivity index (χ4v) is 4.00. The number of carbonyl (C=O) groups excluding carboxylic acids is 2. The van der Waals surface area contributed by atoms with Gasteiger partial charge in [-0.3, -0.25) is 4.79 Å². The zero-order valence-corrected chi connectivity index (χ0v) is 18.7. The monoisotopic (exact) mass is 455 g/mol. The largest absolute Gasteiger partial charge is 0.480 e. The molecule has 4 N–H and O–H groups in total. The highest BCUT2D eigenvalue weighted by Gasteiger charge is 2.30. The predicted octanol–water partition coefficient (Wildman–Crippen LogP) is 1.41. The molecule has 0 saturated heterocycles. The topological polar surface area (TPSA) is 128 Å². The summed E-state index contributed by atoms with van der Waals surface area (Å²) in [6.45, 7) is -0.157. The highest BCUT2D eigenvalue weighted by atomic mass is 16.5. The van der Waals surface area contributed by atoms with Crippen LogP contribution in [-0.4, -0.2) is 79.0 Å². The lowest BCUT2D eigenvalue weighted by atomic mass is 9.98. The SMILES string of the molecule is CN(C)C[C@H](NC(=O)OCC1c2ccccc2-c2ccccc21)C(=O)N[C@@H](CCO)C(=O)O. The maximum absolute atomic E-state index is 12.6. The van der Waals surface area contributed by atoms with Gasteiger partial charge in [0.15, 0.2) is 0 Å². The summed E-state index contributed by atoms with van der Waals surface area (Å²) in [5, 5.41) is 23.1. The number of hydrogen-bond donors (Lipinski definition) is 4. The highest BCUT2D eigenvalue weighted by molar-refractivity contribution is 5.89. The number of likely N-dealkylation sites (N-methyl/N-ethyl adjacent to an activating group) is 1. The van der Waals surface area contributed by atoms with Gasteiger partial charge in [0.2, 0.25) is 5.91 Å². The van der Waals surface area contributed by atoms with Crippen LogP contribution in [-0.2, 0) is 14.3 Å². The summed E-state index contributed by atoms with van der Waals surface area (Å²) in [5.74, 6) is -2.05. The van der Waals surface area contributed by atoms with Crippen LogP contribution in [0.15, 0.2) is 48.5 Å². The van der Waals surface area contributed by atoms with E-state index in [1.807, 2.05) is 48.5 Å². The van der Waals surface area contributed by atoms with E-state index in [9.17, 15) is 19.5 Å². The molecule has 2 aromatic rings. The van der Waals surface area contributed by atoms with Crippen molar-refractivity contribution >= 4 is 18.0 Å². The normalized spacial score (nSPS) is 14.2. The molecule has 0 aliphatic heterocycles. The van der Waals surface area contributed by atoms with Gasteiger partial charge in [-0.25, -0.2) is 9.59 Å². The number of hydrogen-bond acceptors (Lipinski definition) is 6. The van der Waals surface area contributed by atoms with Gasteiger partial charge in [-0.1, -0.05) is 48.5 Å². The fourth-order valence-electron chi connectivity index (χ4n) is 4.00. The van der Waals surface area contributed by atoms with Crippen molar-refractivity contribution < 1.29 is 29.3 Å². The molecule has 2 amide bonds. The second kappa shape index (κ2) is 10.9. The van der Waals surface area contributed by atoms with Crippen molar-refractivity contribution in [2.45, 2.75) is 24.4 Å². The van der Waals surface area contributed by atoms with E-state index in [0.29, 0.717) is 0 Å². The smallest absolute Gasteiger partial charge is 0.407 e. The van der Waals surface area contributed by atoms with Crippen LogP contribution < -0.4 is 10.6 Å². The third-order valence-electron chi connectivity index (χ3n) is 5.53. The molecule has 0 fully saturated rings. The standard InChI is InChI=1S/C24H29N3O6/c1-27(2)13-21(22(29)25-20(11-12-28)23(30)31)26-24(32)33-14-19-17-9-5-3-7-15(17)16-8-4-6-10-18(16)19/h3-10,19-21,28H,11-14H2,1-2H3,(H,25,29)(H,26,32)(H,30,31)/t20-,21-/m0/s1. The Kier molecular flexibility index (Phi) is 8.02. The molecule has 3 rings (SSSR count). The first-order valence-electron chi connectivity index (χ1n) is 10.7. The van der Waals surface area contributed by atoms with E-state index in [0.717, 1.165) is 22.3 Å². The number of carboxylic acid groups (broad SMARTS) is 1. The van der Waals surface area contributed by atoms with Gasteiger partial charge in [-0.05, 0) is 36.3 Å². The number of aliphatic hydroxyl groups is 1. The Bertz CT molecular complexity index is 964. The van der Waals surface area contributed by atoms with Crippen LogP contribution in [0.25, 0.3) is 11.1 Å². The number of rotatable bonds is 10. The number of aliphatic carboxylic acids is 1. The molecule has 2 atom stereocenters. The minimum Gasteiger partial charge on any atom is -0.480 e. The number of amides is 2. The molecule has 9 heteroatoms. The van der Waals surface area contributed by atoms with Crippen molar-refractivity contribution in [3.05, 3.63) is 59.7 Å². The molecule has 0 spiro atoms. The van der Waals surface area contributed by atoms with Crippen LogP contribution in [0.3, 0.4) is 0 Å². The van der Waals surface area contributed by atoms with Gasteiger partial charge in [-0.15, -0.1) is 0 Å². The molecular formula is C24H29N3O6. The lowest BCUT2D eigenvalue weighted by Crippen LogP contribution is -2.55. The minimum absolute atomic E-state index is 0.0957. The van der Waals surface area contributed by atoms with Gasteiger partial charge in [0.05, 0.1) is 0 Å². The zero-order chi connectivity index (χ0) is 24.0. The molecule has 33 heavy (non-hydrogen) atoms. The van der Waals surface area contributed by atoms with Crippen LogP contribution in [0.5, 0.6) is 0 Å². The summed E-state index contributed by atoms with van der Waals surface area (Å²) in [4.78, 5) is 38.2. The Morgan fingerprint density at radius 3 is 2.06 bits per heavy atom. The first-order chi connectivity index (χ1) is 15.8. The summed E-state index contributed by atoms with van der Waals surface area (Å²) in [7, 11) is 3.45.